The molecule has 1 aromatic carbocycles. The first-order chi connectivity index (χ1) is 11.2. The summed E-state index contributed by atoms with van der Waals surface area (Å²) in [5.74, 6) is 0.129. The number of H-pyrrole nitrogens is 1. The number of benzene rings is 1. The van der Waals surface area contributed by atoms with Crippen LogP contribution in [0, 0.1) is 0 Å². The number of nitrogens with zero attached hydrogens (tertiary/aromatic N) is 4. The van der Waals surface area contributed by atoms with Crippen LogP contribution in [-0.4, -0.2) is 25.1 Å². The minimum absolute atomic E-state index is 0.129. The zero-order valence-corrected chi connectivity index (χ0v) is 13.4. The van der Waals surface area contributed by atoms with Gasteiger partial charge in [0, 0.05) is 22.7 Å². The highest BCUT2D eigenvalue weighted by Gasteiger charge is 2.17. The molecule has 23 heavy (non-hydrogen) atoms. The second kappa shape index (κ2) is 5.44. The van der Waals surface area contributed by atoms with E-state index in [4.69, 9.17) is 5.73 Å². The molecular formula is C16H11BrN6. The number of hydrogen-bond donors (Lipinski definition) is 2. The highest BCUT2D eigenvalue weighted by molar-refractivity contribution is 9.10. The van der Waals surface area contributed by atoms with Crippen molar-refractivity contribution in [2.45, 2.75) is 0 Å². The average molecular weight is 367 g/mol. The third-order valence-electron chi connectivity index (χ3n) is 3.51. The molecule has 3 aromatic heterocycles. The summed E-state index contributed by atoms with van der Waals surface area (Å²) in [7, 11) is 0. The van der Waals surface area contributed by atoms with Crippen LogP contribution in [0.1, 0.15) is 0 Å². The topological polar surface area (TPSA) is 93.4 Å². The normalized spacial score (nSPS) is 11.0. The minimum atomic E-state index is 0.129. The molecule has 0 aliphatic heterocycles. The van der Waals surface area contributed by atoms with Crippen LogP contribution < -0.4 is 5.73 Å². The lowest BCUT2D eigenvalue weighted by Crippen LogP contribution is -2.03. The third-order valence-corrected chi connectivity index (χ3v) is 3.95. The molecule has 112 valence electrons. The van der Waals surface area contributed by atoms with E-state index in [0.29, 0.717) is 17.1 Å². The molecule has 0 unspecified atom stereocenters. The largest absolute Gasteiger partial charge is 0.366 e. The number of hydrogen-bond acceptors (Lipinski definition) is 5. The van der Waals surface area contributed by atoms with Gasteiger partial charge in [-0.2, -0.15) is 0 Å². The summed E-state index contributed by atoms with van der Waals surface area (Å²) in [4.78, 5) is 12.1. The maximum Gasteiger partial charge on any atom is 0.240 e. The van der Waals surface area contributed by atoms with Crippen molar-refractivity contribution in [3.05, 3.63) is 53.3 Å². The lowest BCUT2D eigenvalue weighted by molar-refractivity contribution is 0.989. The molecule has 0 spiro atoms. The fourth-order valence-corrected chi connectivity index (χ4v) is 2.85. The monoisotopic (exact) mass is 366 g/mol. The highest BCUT2D eigenvalue weighted by atomic mass is 79.9. The first-order valence-electron chi connectivity index (χ1n) is 6.92. The van der Waals surface area contributed by atoms with Crippen LogP contribution in [0.2, 0.25) is 0 Å². The van der Waals surface area contributed by atoms with Gasteiger partial charge in [0.05, 0.1) is 5.69 Å². The van der Waals surface area contributed by atoms with Gasteiger partial charge in [-0.1, -0.05) is 24.3 Å². The number of fused-ring (bicyclic) bond motifs is 1. The zero-order valence-electron chi connectivity index (χ0n) is 11.9. The van der Waals surface area contributed by atoms with Gasteiger partial charge in [0.2, 0.25) is 5.95 Å². The van der Waals surface area contributed by atoms with Crippen LogP contribution in [0.4, 0.5) is 5.95 Å². The van der Waals surface area contributed by atoms with Crippen molar-refractivity contribution in [2.24, 2.45) is 0 Å². The Bertz CT molecular complexity index is 1010. The molecule has 0 saturated heterocycles. The van der Waals surface area contributed by atoms with Crippen molar-refractivity contribution in [3.8, 4) is 22.6 Å². The Balaban J connectivity index is 2.00. The van der Waals surface area contributed by atoms with Crippen LogP contribution in [0.25, 0.3) is 33.5 Å². The summed E-state index contributed by atoms with van der Waals surface area (Å²) in [6.45, 7) is 0. The molecule has 0 saturated carbocycles. The summed E-state index contributed by atoms with van der Waals surface area (Å²) in [6, 6.07) is 13.6. The lowest BCUT2D eigenvalue weighted by atomic mass is 10.1. The minimum Gasteiger partial charge on any atom is -0.366 e. The van der Waals surface area contributed by atoms with E-state index >= 15 is 0 Å². The van der Waals surface area contributed by atoms with Crippen LogP contribution in [-0.2, 0) is 0 Å². The fourth-order valence-electron chi connectivity index (χ4n) is 2.51. The van der Waals surface area contributed by atoms with E-state index in [1.165, 1.54) is 0 Å². The SMILES string of the molecule is Nc1nnc(-c2cccc(Br)n2)c(-c2c[nH]c3ccccc23)n1. The van der Waals surface area contributed by atoms with Gasteiger partial charge in [-0.15, -0.1) is 10.2 Å². The van der Waals surface area contributed by atoms with Crippen molar-refractivity contribution < 1.29 is 0 Å². The molecular weight excluding hydrogens is 356 g/mol. The Labute approximate surface area is 139 Å². The molecule has 6 nitrogen and oxygen atoms in total. The Morgan fingerprint density at radius 1 is 0.913 bits per heavy atom. The number of para-hydroxylation sites is 1. The second-order valence-corrected chi connectivity index (χ2v) is 5.77. The first kappa shape index (κ1) is 13.8. The fraction of sp³-hybridized carbons (Fsp3) is 0. The van der Waals surface area contributed by atoms with E-state index in [1.807, 2.05) is 48.7 Å². The first-order valence-corrected chi connectivity index (χ1v) is 7.71. The Kier molecular flexibility index (Phi) is 3.27. The molecule has 0 atom stereocenters. The van der Waals surface area contributed by atoms with Gasteiger partial charge < -0.3 is 10.7 Å². The van der Waals surface area contributed by atoms with Crippen molar-refractivity contribution in [2.75, 3.05) is 5.73 Å². The smallest absolute Gasteiger partial charge is 0.240 e. The van der Waals surface area contributed by atoms with E-state index < -0.39 is 0 Å². The van der Waals surface area contributed by atoms with E-state index in [9.17, 15) is 0 Å². The number of rotatable bonds is 2. The second-order valence-electron chi connectivity index (χ2n) is 4.96. The van der Waals surface area contributed by atoms with Crippen LogP contribution >= 0.6 is 15.9 Å². The van der Waals surface area contributed by atoms with Gasteiger partial charge in [0.1, 0.15) is 16.0 Å². The molecule has 3 heterocycles. The lowest BCUT2D eigenvalue weighted by Gasteiger charge is -2.07. The number of anilines is 1. The van der Waals surface area contributed by atoms with E-state index in [1.54, 1.807) is 0 Å². The molecule has 0 radical (unpaired) electrons. The van der Waals surface area contributed by atoms with Gasteiger partial charge >= 0.3 is 0 Å². The molecule has 3 N–H and O–H groups in total. The van der Waals surface area contributed by atoms with Crippen LogP contribution in [0.15, 0.2) is 53.3 Å². The third kappa shape index (κ3) is 2.44. The number of nitrogen functional groups attached to an aromatic ring is 1. The number of nitrogens with one attached hydrogen (secondary N) is 1. The van der Waals surface area contributed by atoms with Crippen molar-refractivity contribution in [1.82, 2.24) is 25.1 Å². The molecule has 4 rings (SSSR count). The van der Waals surface area contributed by atoms with Gasteiger partial charge in [-0.3, -0.25) is 0 Å². The quantitative estimate of drug-likeness (QED) is 0.530. The Hall–Kier alpha value is -2.80. The number of aromatic amines is 1. The molecule has 0 aliphatic carbocycles. The predicted octanol–water partition coefficient (Wildman–Crippen LogP) is 3.43. The van der Waals surface area contributed by atoms with Gasteiger partial charge in [-0.25, -0.2) is 9.97 Å². The molecule has 0 bridgehead atoms. The number of halogens is 1. The summed E-state index contributed by atoms with van der Waals surface area (Å²) in [5.41, 5.74) is 9.62. The molecule has 0 amide bonds. The molecule has 0 aliphatic rings. The average Bonchev–Trinajstić information content (AvgIpc) is 2.98. The van der Waals surface area contributed by atoms with E-state index in [0.717, 1.165) is 21.1 Å². The Morgan fingerprint density at radius 2 is 1.78 bits per heavy atom. The number of aromatic nitrogens is 5. The number of nitrogens with two attached hydrogens (primary N) is 1. The molecule has 0 fully saturated rings. The maximum absolute atomic E-state index is 5.76. The predicted molar refractivity (Wildman–Crippen MR) is 92.5 cm³/mol. The highest BCUT2D eigenvalue weighted by Crippen LogP contribution is 2.33. The Morgan fingerprint density at radius 3 is 2.65 bits per heavy atom. The summed E-state index contributed by atoms with van der Waals surface area (Å²) in [6.07, 6.45) is 1.90. The summed E-state index contributed by atoms with van der Waals surface area (Å²) >= 11 is 3.38. The standard InChI is InChI=1S/C16H11BrN6/c17-13-7-3-6-12(20-13)15-14(21-16(18)23-22-15)10-8-19-11-5-2-1-4-9(10)11/h1-8,19H,(H2,18,21,23). The summed E-state index contributed by atoms with van der Waals surface area (Å²) < 4.78 is 0.721. The van der Waals surface area contributed by atoms with E-state index in [2.05, 4.69) is 41.1 Å². The number of pyridine rings is 1. The molecule has 7 heteroatoms. The van der Waals surface area contributed by atoms with E-state index in [-0.39, 0.29) is 5.95 Å². The van der Waals surface area contributed by atoms with Crippen molar-refractivity contribution in [3.63, 3.8) is 0 Å². The zero-order chi connectivity index (χ0) is 15.8. The van der Waals surface area contributed by atoms with Crippen LogP contribution in [0.3, 0.4) is 0 Å². The van der Waals surface area contributed by atoms with Gasteiger partial charge in [-0.05, 0) is 34.1 Å². The summed E-state index contributed by atoms with van der Waals surface area (Å²) in [5, 5.41) is 9.15. The van der Waals surface area contributed by atoms with Crippen molar-refractivity contribution in [1.29, 1.82) is 0 Å². The van der Waals surface area contributed by atoms with Crippen molar-refractivity contribution >= 4 is 32.8 Å². The maximum atomic E-state index is 5.76. The van der Waals surface area contributed by atoms with Gasteiger partial charge in [0.25, 0.3) is 0 Å². The molecule has 4 aromatic rings. The van der Waals surface area contributed by atoms with Gasteiger partial charge in [0.15, 0.2) is 0 Å². The van der Waals surface area contributed by atoms with Crippen LogP contribution in [0.5, 0.6) is 0 Å².